The summed E-state index contributed by atoms with van der Waals surface area (Å²) in [5, 5.41) is 3.37. The molecule has 0 aliphatic rings. The highest BCUT2D eigenvalue weighted by molar-refractivity contribution is 5.77. The molecule has 2 aromatic rings. The molecule has 0 aliphatic carbocycles. The van der Waals surface area contributed by atoms with Gasteiger partial charge < -0.3 is 14.6 Å². The van der Waals surface area contributed by atoms with Crippen molar-refractivity contribution in [1.29, 1.82) is 0 Å². The first-order valence-corrected chi connectivity index (χ1v) is 6.13. The molecule has 98 valence electrons. The maximum atomic E-state index is 11.1. The minimum atomic E-state index is -0.411. The molecule has 18 heavy (non-hydrogen) atoms. The van der Waals surface area contributed by atoms with E-state index in [-0.39, 0.29) is 0 Å². The summed E-state index contributed by atoms with van der Waals surface area (Å²) in [6.45, 7) is 6.09. The predicted molar refractivity (Wildman–Crippen MR) is 73.2 cm³/mol. The van der Waals surface area contributed by atoms with Crippen LogP contribution in [-0.2, 0) is 0 Å². The number of fused-ring (bicyclic) bond motifs is 1. The van der Waals surface area contributed by atoms with Crippen molar-refractivity contribution in [2.24, 2.45) is 0 Å². The van der Waals surface area contributed by atoms with Crippen LogP contribution < -0.4 is 16.0 Å². The quantitative estimate of drug-likeness (QED) is 0.844. The molecule has 1 aromatic heterocycles. The van der Waals surface area contributed by atoms with Crippen LogP contribution in [-0.4, -0.2) is 31.2 Å². The first-order valence-electron chi connectivity index (χ1n) is 6.13. The van der Waals surface area contributed by atoms with Gasteiger partial charge in [-0.3, -0.25) is 4.98 Å². The number of aromatic nitrogens is 1. The standard InChI is InChI=1S/C13H19N3O2/c1-9(2)14-6-7-16(3)10-4-5-12-11(8-10)15-13(17)18-12/h4-5,8-9,14H,6-7H2,1-3H3,(H,15,17). The monoisotopic (exact) mass is 249 g/mol. The van der Waals surface area contributed by atoms with E-state index in [0.29, 0.717) is 11.6 Å². The van der Waals surface area contributed by atoms with Crippen LogP contribution in [0.15, 0.2) is 27.4 Å². The van der Waals surface area contributed by atoms with Crippen molar-refractivity contribution < 1.29 is 4.42 Å². The Bertz CT molecular complexity index is 571. The molecule has 0 spiro atoms. The number of nitrogens with one attached hydrogen (secondary N) is 2. The summed E-state index contributed by atoms with van der Waals surface area (Å²) >= 11 is 0. The van der Waals surface area contributed by atoms with Crippen LogP contribution in [0.1, 0.15) is 13.8 Å². The average Bonchev–Trinajstić information content (AvgIpc) is 2.67. The van der Waals surface area contributed by atoms with Gasteiger partial charge in [-0.15, -0.1) is 0 Å². The third-order valence-electron chi connectivity index (χ3n) is 2.84. The van der Waals surface area contributed by atoms with Gasteiger partial charge in [0.1, 0.15) is 0 Å². The van der Waals surface area contributed by atoms with Crippen molar-refractivity contribution in [3.8, 4) is 0 Å². The number of likely N-dealkylation sites (N-methyl/N-ethyl adjacent to an activating group) is 1. The van der Waals surface area contributed by atoms with Gasteiger partial charge in [-0.1, -0.05) is 13.8 Å². The summed E-state index contributed by atoms with van der Waals surface area (Å²) in [6, 6.07) is 6.19. The molecule has 0 fully saturated rings. The molecule has 5 nitrogen and oxygen atoms in total. The van der Waals surface area contributed by atoms with E-state index in [0.717, 1.165) is 24.3 Å². The first-order chi connectivity index (χ1) is 8.56. The number of aromatic amines is 1. The zero-order valence-electron chi connectivity index (χ0n) is 11.0. The smallest absolute Gasteiger partial charge is 0.408 e. The zero-order valence-corrected chi connectivity index (χ0v) is 11.0. The van der Waals surface area contributed by atoms with Gasteiger partial charge in [-0.05, 0) is 18.2 Å². The van der Waals surface area contributed by atoms with E-state index >= 15 is 0 Å². The molecule has 2 rings (SSSR count). The molecule has 0 saturated heterocycles. The van der Waals surface area contributed by atoms with E-state index in [4.69, 9.17) is 4.42 Å². The maximum absolute atomic E-state index is 11.1. The van der Waals surface area contributed by atoms with E-state index in [1.807, 2.05) is 25.2 Å². The van der Waals surface area contributed by atoms with Crippen molar-refractivity contribution in [1.82, 2.24) is 10.3 Å². The van der Waals surface area contributed by atoms with Gasteiger partial charge in [0, 0.05) is 31.9 Å². The molecule has 5 heteroatoms. The molecule has 0 bridgehead atoms. The van der Waals surface area contributed by atoms with E-state index in [1.165, 1.54) is 0 Å². The Morgan fingerprint density at radius 3 is 2.94 bits per heavy atom. The molecule has 2 N–H and O–H groups in total. The molecular weight excluding hydrogens is 230 g/mol. The van der Waals surface area contributed by atoms with Crippen molar-refractivity contribution in [3.05, 3.63) is 28.7 Å². The number of rotatable bonds is 5. The van der Waals surface area contributed by atoms with Crippen LogP contribution in [0.3, 0.4) is 0 Å². The highest BCUT2D eigenvalue weighted by Gasteiger charge is 2.05. The molecule has 0 atom stereocenters. The lowest BCUT2D eigenvalue weighted by Crippen LogP contribution is -2.32. The fourth-order valence-electron chi connectivity index (χ4n) is 1.83. The van der Waals surface area contributed by atoms with Gasteiger partial charge in [0.25, 0.3) is 0 Å². The number of hydrogen-bond donors (Lipinski definition) is 2. The second-order valence-electron chi connectivity index (χ2n) is 4.73. The molecular formula is C13H19N3O2. The molecule has 0 amide bonds. The van der Waals surface area contributed by atoms with Crippen molar-refractivity contribution in [2.45, 2.75) is 19.9 Å². The summed E-state index contributed by atoms with van der Waals surface area (Å²) < 4.78 is 4.97. The van der Waals surface area contributed by atoms with Gasteiger partial charge in [0.2, 0.25) is 0 Å². The van der Waals surface area contributed by atoms with Crippen molar-refractivity contribution in [3.63, 3.8) is 0 Å². The Labute approximate surface area is 106 Å². The molecule has 1 heterocycles. The third-order valence-corrected chi connectivity index (χ3v) is 2.84. The Balaban J connectivity index is 2.07. The van der Waals surface area contributed by atoms with Crippen LogP contribution in [0.25, 0.3) is 11.1 Å². The Morgan fingerprint density at radius 2 is 2.22 bits per heavy atom. The summed E-state index contributed by atoms with van der Waals surface area (Å²) in [6.07, 6.45) is 0. The van der Waals surface area contributed by atoms with Gasteiger partial charge >= 0.3 is 5.76 Å². The van der Waals surface area contributed by atoms with Gasteiger partial charge in [0.15, 0.2) is 5.58 Å². The summed E-state index contributed by atoms with van der Waals surface area (Å²) in [7, 11) is 2.03. The number of benzene rings is 1. The minimum Gasteiger partial charge on any atom is -0.408 e. The number of hydrogen-bond acceptors (Lipinski definition) is 4. The van der Waals surface area contributed by atoms with E-state index in [9.17, 15) is 4.79 Å². The number of nitrogens with zero attached hydrogens (tertiary/aromatic N) is 1. The average molecular weight is 249 g/mol. The van der Waals surface area contributed by atoms with E-state index in [2.05, 4.69) is 29.0 Å². The fraction of sp³-hybridized carbons (Fsp3) is 0.462. The molecule has 1 aromatic carbocycles. The normalized spacial score (nSPS) is 11.3. The highest BCUT2D eigenvalue weighted by atomic mass is 16.4. The first kappa shape index (κ1) is 12.7. The molecule has 0 unspecified atom stereocenters. The van der Waals surface area contributed by atoms with Crippen molar-refractivity contribution >= 4 is 16.8 Å². The second-order valence-corrected chi connectivity index (χ2v) is 4.73. The Kier molecular flexibility index (Phi) is 3.72. The topological polar surface area (TPSA) is 61.3 Å². The van der Waals surface area contributed by atoms with Gasteiger partial charge in [-0.2, -0.15) is 0 Å². The van der Waals surface area contributed by atoms with Crippen LogP contribution >= 0.6 is 0 Å². The van der Waals surface area contributed by atoms with Crippen LogP contribution in [0.4, 0.5) is 5.69 Å². The molecule has 0 saturated carbocycles. The number of H-pyrrole nitrogens is 1. The van der Waals surface area contributed by atoms with E-state index in [1.54, 1.807) is 0 Å². The van der Waals surface area contributed by atoms with Crippen LogP contribution in [0, 0.1) is 0 Å². The van der Waals surface area contributed by atoms with Gasteiger partial charge in [-0.25, -0.2) is 4.79 Å². The largest absolute Gasteiger partial charge is 0.417 e. The lowest BCUT2D eigenvalue weighted by molar-refractivity contribution is 0.555. The number of anilines is 1. The second kappa shape index (κ2) is 5.27. The summed E-state index contributed by atoms with van der Waals surface area (Å²) in [5.74, 6) is -0.411. The number of oxazole rings is 1. The lowest BCUT2D eigenvalue weighted by atomic mass is 10.2. The Morgan fingerprint density at radius 1 is 1.44 bits per heavy atom. The van der Waals surface area contributed by atoms with Crippen molar-refractivity contribution in [2.75, 3.05) is 25.0 Å². The van der Waals surface area contributed by atoms with E-state index < -0.39 is 5.76 Å². The highest BCUT2D eigenvalue weighted by Crippen LogP contribution is 2.18. The summed E-state index contributed by atoms with van der Waals surface area (Å²) in [4.78, 5) is 15.9. The predicted octanol–water partition coefficient (Wildman–Crippen LogP) is 1.56. The molecule has 0 radical (unpaired) electrons. The third kappa shape index (κ3) is 2.92. The lowest BCUT2D eigenvalue weighted by Gasteiger charge is -2.20. The van der Waals surface area contributed by atoms with Crippen LogP contribution in [0.5, 0.6) is 0 Å². The minimum absolute atomic E-state index is 0.411. The fourth-order valence-corrected chi connectivity index (χ4v) is 1.83. The van der Waals surface area contributed by atoms with Crippen LogP contribution in [0.2, 0.25) is 0 Å². The Hall–Kier alpha value is -1.75. The maximum Gasteiger partial charge on any atom is 0.417 e. The van der Waals surface area contributed by atoms with Gasteiger partial charge in [0.05, 0.1) is 5.52 Å². The zero-order chi connectivity index (χ0) is 13.1. The SMILES string of the molecule is CC(C)NCCN(C)c1ccc2oc(=O)[nH]c2c1. The molecule has 0 aliphatic heterocycles. The summed E-state index contributed by atoms with van der Waals surface area (Å²) in [5.41, 5.74) is 2.39.